The van der Waals surface area contributed by atoms with Crippen LogP contribution in [-0.4, -0.2) is 53.1 Å². The third kappa shape index (κ3) is 3.64. The van der Waals surface area contributed by atoms with Crippen molar-refractivity contribution in [3.05, 3.63) is 36.4 Å². The zero-order valence-corrected chi connectivity index (χ0v) is 15.6. The fourth-order valence-electron chi connectivity index (χ4n) is 3.44. The maximum absolute atomic E-state index is 6.16. The van der Waals surface area contributed by atoms with Crippen molar-refractivity contribution >= 4 is 22.8 Å². The van der Waals surface area contributed by atoms with E-state index in [1.807, 2.05) is 36.4 Å². The lowest BCUT2D eigenvalue weighted by Gasteiger charge is -2.29. The van der Waals surface area contributed by atoms with Gasteiger partial charge < -0.3 is 20.7 Å². The quantitative estimate of drug-likeness (QED) is 0.736. The van der Waals surface area contributed by atoms with Crippen molar-refractivity contribution in [1.82, 2.24) is 19.9 Å². The number of anilines is 2. The van der Waals surface area contributed by atoms with Crippen LogP contribution in [0.25, 0.3) is 22.3 Å². The molecule has 3 N–H and O–H groups in total. The highest BCUT2D eigenvalue weighted by atomic mass is 16.5. The lowest BCUT2D eigenvalue weighted by Crippen LogP contribution is -2.37. The molecule has 140 valence electrons. The number of para-hydroxylation sites is 1. The second-order valence-electron chi connectivity index (χ2n) is 6.92. The summed E-state index contributed by atoms with van der Waals surface area (Å²) in [4.78, 5) is 16.1. The summed E-state index contributed by atoms with van der Waals surface area (Å²) >= 11 is 0. The molecule has 1 aromatic carbocycles. The average Bonchev–Trinajstić information content (AvgIpc) is 2.69. The Morgan fingerprint density at radius 3 is 2.63 bits per heavy atom. The molecule has 0 amide bonds. The number of likely N-dealkylation sites (tertiary alicyclic amines) is 1. The minimum atomic E-state index is 0.357. The predicted octanol–water partition coefficient (Wildman–Crippen LogP) is 2.79. The summed E-state index contributed by atoms with van der Waals surface area (Å²) in [5.74, 6) is 1.75. The second kappa shape index (κ2) is 7.36. The standard InChI is InChI=1S/C20H24N6O/c1-26-11-9-13(10-12-26)22-20-24-18(21)15-7-8-16(23-19(15)25-20)14-5-3-4-6-17(14)27-2/h3-8,13H,9-12H2,1-2H3,(H3,21,22,23,24,25). The van der Waals surface area contributed by atoms with Crippen LogP contribution in [0.2, 0.25) is 0 Å². The first-order chi connectivity index (χ1) is 13.1. The van der Waals surface area contributed by atoms with E-state index >= 15 is 0 Å². The molecule has 0 bridgehead atoms. The number of nitrogen functional groups attached to an aromatic ring is 1. The molecule has 1 saturated heterocycles. The van der Waals surface area contributed by atoms with E-state index in [2.05, 4.69) is 27.2 Å². The maximum atomic E-state index is 6.16. The number of fused-ring (bicyclic) bond motifs is 1. The molecule has 1 fully saturated rings. The van der Waals surface area contributed by atoms with Crippen molar-refractivity contribution in [2.75, 3.05) is 38.3 Å². The molecule has 27 heavy (non-hydrogen) atoms. The summed E-state index contributed by atoms with van der Waals surface area (Å²) in [5.41, 5.74) is 8.46. The molecule has 3 aromatic rings. The zero-order chi connectivity index (χ0) is 18.8. The predicted molar refractivity (Wildman–Crippen MR) is 108 cm³/mol. The van der Waals surface area contributed by atoms with Crippen LogP contribution in [0.4, 0.5) is 11.8 Å². The van der Waals surface area contributed by atoms with Crippen LogP contribution in [0.1, 0.15) is 12.8 Å². The van der Waals surface area contributed by atoms with Crippen LogP contribution in [0.15, 0.2) is 36.4 Å². The summed E-state index contributed by atoms with van der Waals surface area (Å²) in [6, 6.07) is 12.0. The number of hydrogen-bond acceptors (Lipinski definition) is 7. The Morgan fingerprint density at radius 2 is 1.85 bits per heavy atom. The normalized spacial score (nSPS) is 15.8. The molecule has 2 aromatic heterocycles. The summed E-state index contributed by atoms with van der Waals surface area (Å²) < 4.78 is 5.45. The van der Waals surface area contributed by atoms with Gasteiger partial charge in [0.15, 0.2) is 5.65 Å². The van der Waals surface area contributed by atoms with Crippen LogP contribution in [0.5, 0.6) is 5.75 Å². The molecular formula is C20H24N6O. The van der Waals surface area contributed by atoms with E-state index in [9.17, 15) is 0 Å². The molecule has 4 rings (SSSR count). The van der Waals surface area contributed by atoms with Gasteiger partial charge in [0.2, 0.25) is 5.95 Å². The molecule has 0 saturated carbocycles. The number of ether oxygens (including phenoxy) is 1. The first kappa shape index (κ1) is 17.5. The van der Waals surface area contributed by atoms with Gasteiger partial charge in [0, 0.05) is 11.6 Å². The van der Waals surface area contributed by atoms with E-state index in [4.69, 9.17) is 15.5 Å². The summed E-state index contributed by atoms with van der Waals surface area (Å²) in [6.07, 6.45) is 2.12. The highest BCUT2D eigenvalue weighted by molar-refractivity contribution is 5.88. The molecule has 3 heterocycles. The average molecular weight is 364 g/mol. The Balaban J connectivity index is 1.68. The largest absolute Gasteiger partial charge is 0.496 e. The monoisotopic (exact) mass is 364 g/mol. The van der Waals surface area contributed by atoms with Crippen molar-refractivity contribution in [3.63, 3.8) is 0 Å². The number of rotatable bonds is 4. The minimum Gasteiger partial charge on any atom is -0.496 e. The van der Waals surface area contributed by atoms with Gasteiger partial charge in [0.05, 0.1) is 18.2 Å². The zero-order valence-electron chi connectivity index (χ0n) is 15.6. The SMILES string of the molecule is COc1ccccc1-c1ccc2c(N)nc(NC3CCN(C)CC3)nc2n1. The van der Waals surface area contributed by atoms with Crippen LogP contribution < -0.4 is 15.8 Å². The van der Waals surface area contributed by atoms with Crippen molar-refractivity contribution in [2.24, 2.45) is 0 Å². The third-order valence-corrected chi connectivity index (χ3v) is 5.02. The Labute approximate surface area is 158 Å². The van der Waals surface area contributed by atoms with Gasteiger partial charge in [-0.15, -0.1) is 0 Å². The molecule has 0 atom stereocenters. The van der Waals surface area contributed by atoms with Crippen molar-refractivity contribution < 1.29 is 4.74 Å². The van der Waals surface area contributed by atoms with Gasteiger partial charge in [-0.05, 0) is 57.2 Å². The van der Waals surface area contributed by atoms with E-state index in [1.165, 1.54) is 0 Å². The number of aromatic nitrogens is 3. The van der Waals surface area contributed by atoms with E-state index in [1.54, 1.807) is 7.11 Å². The number of benzene rings is 1. The number of methoxy groups -OCH3 is 1. The lowest BCUT2D eigenvalue weighted by molar-refractivity contribution is 0.263. The molecule has 0 unspecified atom stereocenters. The van der Waals surface area contributed by atoms with Gasteiger partial charge in [-0.1, -0.05) is 12.1 Å². The minimum absolute atomic E-state index is 0.357. The van der Waals surface area contributed by atoms with E-state index in [0.717, 1.165) is 48.3 Å². The van der Waals surface area contributed by atoms with E-state index in [0.29, 0.717) is 23.5 Å². The fourth-order valence-corrected chi connectivity index (χ4v) is 3.44. The molecule has 1 aliphatic heterocycles. The van der Waals surface area contributed by atoms with Gasteiger partial charge >= 0.3 is 0 Å². The van der Waals surface area contributed by atoms with Crippen LogP contribution >= 0.6 is 0 Å². The van der Waals surface area contributed by atoms with E-state index in [-0.39, 0.29) is 0 Å². The number of nitrogens with two attached hydrogens (primary N) is 1. The third-order valence-electron chi connectivity index (χ3n) is 5.02. The highest BCUT2D eigenvalue weighted by Gasteiger charge is 2.18. The molecular weight excluding hydrogens is 340 g/mol. The smallest absolute Gasteiger partial charge is 0.226 e. The summed E-state index contributed by atoms with van der Waals surface area (Å²) in [6.45, 7) is 2.13. The van der Waals surface area contributed by atoms with Gasteiger partial charge in [0.25, 0.3) is 0 Å². The van der Waals surface area contributed by atoms with Crippen molar-refractivity contribution in [3.8, 4) is 17.0 Å². The first-order valence-corrected chi connectivity index (χ1v) is 9.17. The Kier molecular flexibility index (Phi) is 4.77. The van der Waals surface area contributed by atoms with Crippen LogP contribution in [0, 0.1) is 0 Å². The molecule has 7 nitrogen and oxygen atoms in total. The second-order valence-corrected chi connectivity index (χ2v) is 6.92. The van der Waals surface area contributed by atoms with Crippen molar-refractivity contribution in [1.29, 1.82) is 0 Å². The molecule has 0 radical (unpaired) electrons. The fraction of sp³-hybridized carbons (Fsp3) is 0.350. The number of hydrogen-bond donors (Lipinski definition) is 2. The number of nitrogens with zero attached hydrogens (tertiary/aromatic N) is 4. The Hall–Kier alpha value is -2.93. The van der Waals surface area contributed by atoms with Crippen LogP contribution in [-0.2, 0) is 0 Å². The molecule has 1 aliphatic rings. The Morgan fingerprint density at radius 1 is 1.07 bits per heavy atom. The topological polar surface area (TPSA) is 89.2 Å². The number of piperidine rings is 1. The van der Waals surface area contributed by atoms with Gasteiger partial charge in [0.1, 0.15) is 11.6 Å². The van der Waals surface area contributed by atoms with E-state index < -0.39 is 0 Å². The van der Waals surface area contributed by atoms with Gasteiger partial charge in [-0.2, -0.15) is 9.97 Å². The maximum Gasteiger partial charge on any atom is 0.226 e. The molecule has 0 aliphatic carbocycles. The van der Waals surface area contributed by atoms with Crippen LogP contribution in [0.3, 0.4) is 0 Å². The number of pyridine rings is 1. The highest BCUT2D eigenvalue weighted by Crippen LogP contribution is 2.30. The summed E-state index contributed by atoms with van der Waals surface area (Å²) in [7, 11) is 3.80. The van der Waals surface area contributed by atoms with Gasteiger partial charge in [-0.3, -0.25) is 0 Å². The molecule has 7 heteroatoms. The Bertz CT molecular complexity index is 952. The van der Waals surface area contributed by atoms with Gasteiger partial charge in [-0.25, -0.2) is 4.98 Å². The summed E-state index contributed by atoms with van der Waals surface area (Å²) in [5, 5.41) is 4.17. The first-order valence-electron chi connectivity index (χ1n) is 9.17. The van der Waals surface area contributed by atoms with Crippen molar-refractivity contribution in [2.45, 2.75) is 18.9 Å². The number of nitrogens with one attached hydrogen (secondary N) is 1. The lowest BCUT2D eigenvalue weighted by atomic mass is 10.1. The molecule has 0 spiro atoms.